The lowest BCUT2D eigenvalue weighted by molar-refractivity contribution is -0.148. The van der Waals surface area contributed by atoms with Crippen molar-refractivity contribution in [1.82, 2.24) is 25.0 Å². The van der Waals surface area contributed by atoms with Gasteiger partial charge in [-0.15, -0.1) is 0 Å². The minimum Gasteiger partial charge on any atom is -0.480 e. The average Bonchev–Trinajstić information content (AvgIpc) is 3.86. The number of aromatic nitrogens is 1. The molecule has 4 atom stereocenters. The van der Waals surface area contributed by atoms with E-state index < -0.39 is 65.6 Å². The van der Waals surface area contributed by atoms with Crippen molar-refractivity contribution in [1.29, 1.82) is 0 Å². The van der Waals surface area contributed by atoms with Crippen molar-refractivity contribution >= 4 is 46.8 Å². The van der Waals surface area contributed by atoms with Crippen LogP contribution in [-0.2, 0) is 47.9 Å². The van der Waals surface area contributed by atoms with Gasteiger partial charge in [-0.2, -0.15) is 0 Å². The number of likely N-dealkylation sites (N-methyl/N-ethyl adjacent to an activating group) is 2. The van der Waals surface area contributed by atoms with Gasteiger partial charge in [0.25, 0.3) is 0 Å². The molecule has 0 saturated heterocycles. The number of amides is 4. The maximum Gasteiger partial charge on any atom is 0.419 e. The molecule has 1 aromatic heterocycles. The van der Waals surface area contributed by atoms with Crippen molar-refractivity contribution in [2.45, 2.75) is 82.6 Å². The van der Waals surface area contributed by atoms with E-state index in [2.05, 4.69) is 10.6 Å². The lowest BCUT2D eigenvalue weighted by Gasteiger charge is -2.35. The summed E-state index contributed by atoms with van der Waals surface area (Å²) in [5, 5.41) is 16.0. The Morgan fingerprint density at radius 3 is 1.79 bits per heavy atom. The Morgan fingerprint density at radius 2 is 1.21 bits per heavy atom. The van der Waals surface area contributed by atoms with Crippen LogP contribution >= 0.6 is 0 Å². The number of para-hydroxylation sites is 1. The van der Waals surface area contributed by atoms with Gasteiger partial charge in [0, 0.05) is 50.9 Å². The Kier molecular flexibility index (Phi) is 14.8. The number of carboxylic acids is 1. The van der Waals surface area contributed by atoms with Gasteiger partial charge in [0.2, 0.25) is 17.7 Å². The highest BCUT2D eigenvalue weighted by Crippen LogP contribution is 2.44. The number of alkyl carbamates (subject to hydrolysis) is 1. The number of carboxylic acid groups (broad SMARTS) is 1. The lowest BCUT2D eigenvalue weighted by atomic mass is 9.98. The van der Waals surface area contributed by atoms with Crippen molar-refractivity contribution < 1.29 is 43.3 Å². The van der Waals surface area contributed by atoms with Crippen molar-refractivity contribution in [2.75, 3.05) is 20.7 Å². The van der Waals surface area contributed by atoms with E-state index in [0.717, 1.165) is 22.3 Å². The maximum atomic E-state index is 15.1. The summed E-state index contributed by atoms with van der Waals surface area (Å²) < 4.78 is 13.0. The van der Waals surface area contributed by atoms with E-state index in [1.807, 2.05) is 72.8 Å². The Balaban J connectivity index is 1.18. The SMILES string of the molecule is C[C@@H](C(=O)N[C@@H](Cc1ccccc1)C(=O)O)N(C)C(=O)[C@H](Cc1ccccc1)N(C)C(=O)[C@H](Cc1cn(C(=O)OC(C)(C)C)c2ccccc12)NC(=O)OCC1c2ccccc2-c2ccccc21. The summed E-state index contributed by atoms with van der Waals surface area (Å²) in [6, 6.07) is 36.0. The van der Waals surface area contributed by atoms with Gasteiger partial charge < -0.3 is 35.0 Å². The summed E-state index contributed by atoms with van der Waals surface area (Å²) in [5.41, 5.74) is 5.79. The van der Waals surface area contributed by atoms with Crippen molar-refractivity contribution in [3.8, 4) is 11.1 Å². The summed E-state index contributed by atoms with van der Waals surface area (Å²) in [4.78, 5) is 85.9. The molecule has 6 aromatic rings. The van der Waals surface area contributed by atoms with Crippen LogP contribution in [0.25, 0.3) is 22.0 Å². The van der Waals surface area contributed by atoms with Crippen LogP contribution < -0.4 is 10.6 Å². The van der Waals surface area contributed by atoms with Crippen LogP contribution in [0.3, 0.4) is 0 Å². The Hall–Kier alpha value is -7.74. The van der Waals surface area contributed by atoms with Gasteiger partial charge in [-0.1, -0.05) is 127 Å². The number of carbonyl (C=O) groups excluding carboxylic acids is 5. The predicted molar refractivity (Wildman–Crippen MR) is 258 cm³/mol. The molecule has 0 fully saturated rings. The van der Waals surface area contributed by atoms with Crippen LogP contribution in [0.2, 0.25) is 0 Å². The fourth-order valence-electron chi connectivity index (χ4n) is 8.65. The predicted octanol–water partition coefficient (Wildman–Crippen LogP) is 7.60. The molecule has 0 spiro atoms. The van der Waals surface area contributed by atoms with Crippen molar-refractivity contribution in [3.05, 3.63) is 167 Å². The molecule has 3 N–H and O–H groups in total. The topological polar surface area (TPSA) is 177 Å². The number of ether oxygens (including phenoxy) is 2. The second-order valence-electron chi connectivity index (χ2n) is 18.1. The first kappa shape index (κ1) is 48.2. The van der Waals surface area contributed by atoms with Crippen LogP contribution in [0.4, 0.5) is 9.59 Å². The molecule has 0 saturated carbocycles. The smallest absolute Gasteiger partial charge is 0.419 e. The van der Waals surface area contributed by atoms with Crippen molar-refractivity contribution in [2.24, 2.45) is 0 Å². The molecular formula is C54H57N5O9. The van der Waals surface area contributed by atoms with E-state index in [1.54, 1.807) is 87.6 Å². The lowest BCUT2D eigenvalue weighted by Crippen LogP contribution is -2.58. The minimum absolute atomic E-state index is 0.0225. The van der Waals surface area contributed by atoms with Gasteiger partial charge >= 0.3 is 18.2 Å². The molecule has 14 nitrogen and oxygen atoms in total. The highest BCUT2D eigenvalue weighted by Gasteiger charge is 2.38. The fraction of sp³-hybridized carbons (Fsp3) is 0.296. The fourth-order valence-corrected chi connectivity index (χ4v) is 8.65. The van der Waals surface area contributed by atoms with Crippen molar-refractivity contribution in [3.63, 3.8) is 0 Å². The first-order chi connectivity index (χ1) is 32.5. The monoisotopic (exact) mass is 919 g/mol. The maximum absolute atomic E-state index is 15.1. The summed E-state index contributed by atoms with van der Waals surface area (Å²) in [6.07, 6.45) is 0.0146. The molecule has 14 heteroatoms. The number of hydrogen-bond acceptors (Lipinski definition) is 8. The van der Waals surface area contributed by atoms with Crippen LogP contribution in [-0.4, -0.2) is 106 Å². The summed E-state index contributed by atoms with van der Waals surface area (Å²) in [5.74, 6) is -3.46. The molecule has 352 valence electrons. The number of nitrogens with zero attached hydrogens (tertiary/aromatic N) is 3. The van der Waals surface area contributed by atoms with E-state index in [9.17, 15) is 29.1 Å². The van der Waals surface area contributed by atoms with Gasteiger partial charge in [-0.3, -0.25) is 19.0 Å². The molecule has 0 bridgehead atoms. The largest absolute Gasteiger partial charge is 0.480 e. The zero-order chi connectivity index (χ0) is 48.7. The quantitative estimate of drug-likeness (QED) is 0.0883. The molecule has 4 amide bonds. The number of nitrogens with one attached hydrogen (secondary N) is 2. The second kappa shape index (κ2) is 20.8. The van der Waals surface area contributed by atoms with Crippen LogP contribution in [0.1, 0.15) is 61.4 Å². The van der Waals surface area contributed by atoms with Crippen LogP contribution in [0, 0.1) is 0 Å². The Labute approximate surface area is 395 Å². The number of benzene rings is 5. The third-order valence-electron chi connectivity index (χ3n) is 12.3. The number of hydrogen-bond donors (Lipinski definition) is 3. The van der Waals surface area contributed by atoms with Gasteiger partial charge in [-0.05, 0) is 72.7 Å². The molecule has 5 aromatic carbocycles. The zero-order valence-electron chi connectivity index (χ0n) is 39.0. The van der Waals surface area contributed by atoms with Gasteiger partial charge in [0.1, 0.15) is 36.4 Å². The summed E-state index contributed by atoms with van der Waals surface area (Å²) in [7, 11) is 2.89. The van der Waals surface area contributed by atoms with E-state index in [1.165, 1.54) is 35.4 Å². The summed E-state index contributed by atoms with van der Waals surface area (Å²) >= 11 is 0. The molecule has 1 aliphatic carbocycles. The normalized spacial score (nSPS) is 13.8. The van der Waals surface area contributed by atoms with Gasteiger partial charge in [0.05, 0.1) is 5.52 Å². The number of aliphatic carboxylic acids is 1. The number of rotatable bonds is 16. The average molecular weight is 920 g/mol. The third-order valence-corrected chi connectivity index (χ3v) is 12.3. The molecule has 1 aliphatic rings. The van der Waals surface area contributed by atoms with Gasteiger partial charge in [0.15, 0.2) is 0 Å². The first-order valence-corrected chi connectivity index (χ1v) is 22.6. The molecule has 7 rings (SSSR count). The number of fused-ring (bicyclic) bond motifs is 4. The molecule has 0 aliphatic heterocycles. The molecule has 68 heavy (non-hydrogen) atoms. The minimum atomic E-state index is -1.33. The molecule has 1 heterocycles. The first-order valence-electron chi connectivity index (χ1n) is 22.6. The highest BCUT2D eigenvalue weighted by atomic mass is 16.6. The zero-order valence-corrected chi connectivity index (χ0v) is 39.0. The van der Waals surface area contributed by atoms with Crippen LogP contribution in [0.5, 0.6) is 0 Å². The Bertz CT molecular complexity index is 2760. The van der Waals surface area contributed by atoms with Gasteiger partial charge in [-0.25, -0.2) is 14.4 Å². The van der Waals surface area contributed by atoms with E-state index in [4.69, 9.17) is 9.47 Å². The molecular weight excluding hydrogens is 863 g/mol. The second-order valence-corrected chi connectivity index (χ2v) is 18.1. The molecule has 0 unspecified atom stereocenters. The van der Waals surface area contributed by atoms with E-state index in [-0.39, 0.29) is 31.8 Å². The Morgan fingerprint density at radius 1 is 0.662 bits per heavy atom. The highest BCUT2D eigenvalue weighted by molar-refractivity contribution is 5.96. The number of carbonyl (C=O) groups is 6. The van der Waals surface area contributed by atoms with E-state index in [0.29, 0.717) is 27.6 Å². The van der Waals surface area contributed by atoms with E-state index >= 15 is 4.79 Å². The summed E-state index contributed by atoms with van der Waals surface area (Å²) in [6.45, 7) is 6.74. The molecule has 0 radical (unpaired) electrons. The standard InChI is InChI=1S/C54H57N5O9/c1-34(48(60)55-45(51(63)64)29-35-19-9-7-10-20-35)57(5)50(62)47(30-36-21-11-8-12-22-36)58(6)49(61)44(31-37-32-59(53(66)68-54(2,3)4)46-28-18-17-23-38(37)46)56-52(65)67-33-43-41-26-15-13-24-39(41)40-25-14-16-27-42(40)43/h7-28,32,34,43-45,47H,29-31,33H2,1-6H3,(H,55,60)(H,56,65)(H,63,64)/t34-,44-,45-,47-/m0/s1. The van der Waals surface area contributed by atoms with Crippen LogP contribution in [0.15, 0.2) is 140 Å². The third kappa shape index (κ3) is 11.1.